The third-order valence-electron chi connectivity index (χ3n) is 5.82. The van der Waals surface area contributed by atoms with Crippen molar-refractivity contribution in [3.8, 4) is 11.5 Å². The molecule has 0 spiro atoms. The lowest BCUT2D eigenvalue weighted by Gasteiger charge is -2.38. The number of ether oxygens (including phenoxy) is 2. The van der Waals surface area contributed by atoms with E-state index in [4.69, 9.17) is 9.47 Å². The van der Waals surface area contributed by atoms with E-state index in [0.717, 1.165) is 39.5 Å². The van der Waals surface area contributed by atoms with Crippen LogP contribution in [0.3, 0.4) is 0 Å². The molecule has 0 unspecified atom stereocenters. The molecule has 2 aliphatic heterocycles. The largest absolute Gasteiger partial charge is 0.494 e. The molecule has 0 saturated carbocycles. The second kappa shape index (κ2) is 7.53. The van der Waals surface area contributed by atoms with Crippen LogP contribution in [-0.2, 0) is 0 Å². The van der Waals surface area contributed by atoms with E-state index >= 15 is 0 Å². The summed E-state index contributed by atoms with van der Waals surface area (Å²) in [5.41, 5.74) is 5.13. The van der Waals surface area contributed by atoms with Crippen molar-refractivity contribution in [1.29, 1.82) is 0 Å². The smallest absolute Gasteiger partial charge is 0.226 e. The van der Waals surface area contributed by atoms with Crippen molar-refractivity contribution < 1.29 is 9.47 Å². The monoisotopic (exact) mass is 423 g/mol. The molecule has 4 heterocycles. The number of nitrogens with zero attached hydrogens (tertiary/aromatic N) is 4. The Labute approximate surface area is 185 Å². The normalized spacial score (nSPS) is 18.7. The van der Waals surface area contributed by atoms with Crippen molar-refractivity contribution in [1.82, 2.24) is 19.7 Å². The van der Waals surface area contributed by atoms with Crippen LogP contribution in [0.25, 0.3) is 5.70 Å². The summed E-state index contributed by atoms with van der Waals surface area (Å²) >= 11 is 0. The van der Waals surface area contributed by atoms with Gasteiger partial charge in [-0.1, -0.05) is 30.3 Å². The minimum Gasteiger partial charge on any atom is -0.494 e. The second-order valence-corrected chi connectivity index (χ2v) is 7.67. The first-order chi connectivity index (χ1) is 15.8. The van der Waals surface area contributed by atoms with E-state index in [-0.39, 0.29) is 12.1 Å². The van der Waals surface area contributed by atoms with Crippen LogP contribution < -0.4 is 14.8 Å². The molecule has 32 heavy (non-hydrogen) atoms. The zero-order valence-corrected chi connectivity index (χ0v) is 17.5. The first-order valence-electron chi connectivity index (χ1n) is 10.6. The molecule has 0 radical (unpaired) electrons. The van der Waals surface area contributed by atoms with Gasteiger partial charge in [0.15, 0.2) is 0 Å². The predicted molar refractivity (Wildman–Crippen MR) is 120 cm³/mol. The van der Waals surface area contributed by atoms with E-state index in [1.807, 2.05) is 54.2 Å². The number of hydrogen-bond acceptors (Lipinski definition) is 6. The summed E-state index contributed by atoms with van der Waals surface area (Å²) < 4.78 is 14.1. The van der Waals surface area contributed by atoms with Crippen LogP contribution in [0, 0.1) is 0 Å². The summed E-state index contributed by atoms with van der Waals surface area (Å²) in [4.78, 5) is 8.82. The summed E-state index contributed by atoms with van der Waals surface area (Å²) in [6, 6.07) is 20.0. The quantitative estimate of drug-likeness (QED) is 0.516. The Morgan fingerprint density at radius 2 is 1.91 bits per heavy atom. The van der Waals surface area contributed by atoms with Crippen LogP contribution in [0.2, 0.25) is 0 Å². The average Bonchev–Trinajstić information content (AvgIpc) is 3.32. The van der Waals surface area contributed by atoms with E-state index in [1.54, 1.807) is 12.5 Å². The van der Waals surface area contributed by atoms with Crippen molar-refractivity contribution in [3.05, 3.63) is 102 Å². The number of para-hydroxylation sites is 1. The molecule has 0 aliphatic carbocycles. The Hall–Kier alpha value is -4.13. The fourth-order valence-corrected chi connectivity index (χ4v) is 4.46. The summed E-state index contributed by atoms with van der Waals surface area (Å²) in [6.07, 6.45) is 4.91. The highest BCUT2D eigenvalue weighted by molar-refractivity contribution is 5.85. The lowest BCUT2D eigenvalue weighted by molar-refractivity contribution is 0.223. The zero-order valence-electron chi connectivity index (χ0n) is 17.5. The highest BCUT2D eigenvalue weighted by Gasteiger charge is 2.40. The predicted octanol–water partition coefficient (Wildman–Crippen LogP) is 4.63. The van der Waals surface area contributed by atoms with Gasteiger partial charge in [0, 0.05) is 23.5 Å². The van der Waals surface area contributed by atoms with E-state index < -0.39 is 0 Å². The summed E-state index contributed by atoms with van der Waals surface area (Å²) in [5, 5.41) is 8.04. The SMILES string of the molecule is CCOc1ccc([C@@H]2Oc3ccccc3C3=C2[C@@H](c2cccnc2)n2ncnc2N3)cc1. The van der Waals surface area contributed by atoms with Crippen molar-refractivity contribution in [2.24, 2.45) is 0 Å². The van der Waals surface area contributed by atoms with Gasteiger partial charge >= 0.3 is 0 Å². The number of fused-ring (bicyclic) bond motifs is 3. The van der Waals surface area contributed by atoms with E-state index in [1.165, 1.54) is 0 Å². The van der Waals surface area contributed by atoms with Crippen LogP contribution >= 0.6 is 0 Å². The first-order valence-corrected chi connectivity index (χ1v) is 10.6. The Kier molecular flexibility index (Phi) is 4.38. The number of rotatable bonds is 4. The van der Waals surface area contributed by atoms with Crippen LogP contribution in [0.1, 0.15) is 35.8 Å². The van der Waals surface area contributed by atoms with E-state index in [0.29, 0.717) is 12.6 Å². The summed E-state index contributed by atoms with van der Waals surface area (Å²) in [7, 11) is 0. The Morgan fingerprint density at radius 3 is 2.72 bits per heavy atom. The molecule has 0 bridgehead atoms. The maximum Gasteiger partial charge on any atom is 0.226 e. The Balaban J connectivity index is 1.57. The van der Waals surface area contributed by atoms with Gasteiger partial charge in [0.2, 0.25) is 5.95 Å². The maximum atomic E-state index is 6.61. The number of hydrogen-bond donors (Lipinski definition) is 1. The van der Waals surface area contributed by atoms with Crippen LogP contribution in [0.5, 0.6) is 11.5 Å². The molecular weight excluding hydrogens is 402 g/mol. The lowest BCUT2D eigenvalue weighted by atomic mass is 9.85. The van der Waals surface area contributed by atoms with Gasteiger partial charge in [-0.2, -0.15) is 10.1 Å². The fraction of sp³-hybridized carbons (Fsp3) is 0.160. The van der Waals surface area contributed by atoms with Crippen molar-refractivity contribution in [3.63, 3.8) is 0 Å². The third kappa shape index (κ3) is 2.93. The molecule has 2 atom stereocenters. The summed E-state index contributed by atoms with van der Waals surface area (Å²) in [5.74, 6) is 2.36. The highest BCUT2D eigenvalue weighted by Crippen LogP contribution is 2.50. The number of anilines is 1. The summed E-state index contributed by atoms with van der Waals surface area (Å²) in [6.45, 7) is 2.61. The Bertz CT molecular complexity index is 1300. The van der Waals surface area contributed by atoms with Crippen molar-refractivity contribution >= 4 is 11.6 Å². The maximum absolute atomic E-state index is 6.61. The molecular formula is C25H21N5O2. The minimum atomic E-state index is -0.314. The van der Waals surface area contributed by atoms with E-state index in [2.05, 4.69) is 44.6 Å². The van der Waals surface area contributed by atoms with Gasteiger partial charge < -0.3 is 14.8 Å². The van der Waals surface area contributed by atoms with Gasteiger partial charge in [0.25, 0.3) is 0 Å². The molecule has 0 amide bonds. The number of nitrogens with one attached hydrogen (secondary N) is 1. The zero-order chi connectivity index (χ0) is 21.5. The Morgan fingerprint density at radius 1 is 1.03 bits per heavy atom. The van der Waals surface area contributed by atoms with Gasteiger partial charge in [0.1, 0.15) is 30.0 Å². The van der Waals surface area contributed by atoms with Gasteiger partial charge in [-0.05, 0) is 48.4 Å². The van der Waals surface area contributed by atoms with Gasteiger partial charge in [0.05, 0.1) is 12.3 Å². The van der Waals surface area contributed by atoms with Gasteiger partial charge in [-0.3, -0.25) is 4.98 Å². The molecule has 0 saturated heterocycles. The minimum absolute atomic E-state index is 0.206. The van der Waals surface area contributed by atoms with Crippen LogP contribution in [0.4, 0.5) is 5.95 Å². The lowest BCUT2D eigenvalue weighted by Crippen LogP contribution is -2.32. The van der Waals surface area contributed by atoms with Crippen molar-refractivity contribution in [2.45, 2.75) is 19.1 Å². The molecule has 1 N–H and O–H groups in total. The molecule has 7 nitrogen and oxygen atoms in total. The first kappa shape index (κ1) is 18.6. The van der Waals surface area contributed by atoms with Crippen LogP contribution in [0.15, 0.2) is 85.0 Å². The number of benzene rings is 2. The van der Waals surface area contributed by atoms with Crippen LogP contribution in [-0.4, -0.2) is 26.4 Å². The third-order valence-corrected chi connectivity index (χ3v) is 5.82. The van der Waals surface area contributed by atoms with Gasteiger partial charge in [-0.15, -0.1) is 0 Å². The molecule has 0 fully saturated rings. The molecule has 2 aromatic heterocycles. The second-order valence-electron chi connectivity index (χ2n) is 7.67. The fourth-order valence-electron chi connectivity index (χ4n) is 4.46. The topological polar surface area (TPSA) is 74.1 Å². The standard InChI is InChI=1S/C25H21N5O2/c1-2-31-18-11-9-16(10-12-18)24-21-22(19-7-3-4-8-20(19)32-24)29-25-27-15-28-30(25)23(21)17-6-5-13-26-14-17/h3-15,23-24H,2H2,1H3,(H,27,28,29)/t23-,24+/m1/s1. The van der Waals surface area contributed by atoms with E-state index in [9.17, 15) is 0 Å². The molecule has 6 rings (SSSR count). The molecule has 158 valence electrons. The number of aromatic nitrogens is 4. The molecule has 4 aromatic rings. The molecule has 2 aromatic carbocycles. The average molecular weight is 423 g/mol. The highest BCUT2D eigenvalue weighted by atomic mass is 16.5. The number of pyridine rings is 1. The molecule has 7 heteroatoms. The van der Waals surface area contributed by atoms with Gasteiger partial charge in [-0.25, -0.2) is 4.68 Å². The van der Waals surface area contributed by atoms with Crippen molar-refractivity contribution in [2.75, 3.05) is 11.9 Å². The molecule has 2 aliphatic rings.